The van der Waals surface area contributed by atoms with E-state index in [1.54, 1.807) is 6.92 Å². The topological polar surface area (TPSA) is 81.7 Å². The van der Waals surface area contributed by atoms with Gasteiger partial charge in [-0.25, -0.2) is 8.78 Å². The van der Waals surface area contributed by atoms with E-state index in [-0.39, 0.29) is 29.8 Å². The Bertz CT molecular complexity index is 722. The normalized spacial score (nSPS) is 18.8. The van der Waals surface area contributed by atoms with Crippen LogP contribution in [-0.4, -0.2) is 36.9 Å². The lowest BCUT2D eigenvalue weighted by molar-refractivity contribution is -0.149. The van der Waals surface area contributed by atoms with Gasteiger partial charge in [0.25, 0.3) is 0 Å². The lowest BCUT2D eigenvalue weighted by atomic mass is 9.87. The Hall–Kier alpha value is -2.51. The molecule has 0 saturated heterocycles. The van der Waals surface area contributed by atoms with E-state index in [1.807, 2.05) is 0 Å². The summed E-state index contributed by atoms with van der Waals surface area (Å²) in [7, 11) is 0. The van der Waals surface area contributed by atoms with Gasteiger partial charge in [0.15, 0.2) is 23.2 Å². The summed E-state index contributed by atoms with van der Waals surface area (Å²) in [6.45, 7) is 3.76. The zero-order valence-corrected chi connectivity index (χ0v) is 16.8. The number of hydrogen-bond donors (Lipinski definition) is 1. The van der Waals surface area contributed by atoms with E-state index >= 15 is 0 Å². The molecule has 0 radical (unpaired) electrons. The molecule has 0 aromatic heterocycles. The van der Waals surface area contributed by atoms with Crippen LogP contribution in [0, 0.1) is 17.6 Å². The average molecular weight is 411 g/mol. The fraction of sp³-hybridized carbons (Fsp3) is 0.571. The number of carbonyl (C=O) groups is 3. The summed E-state index contributed by atoms with van der Waals surface area (Å²) < 4.78 is 39.3. The third-order valence-electron chi connectivity index (χ3n) is 4.85. The number of ether oxygens (including phenoxy) is 2. The number of halogens is 2. The van der Waals surface area contributed by atoms with Crippen LogP contribution in [0.15, 0.2) is 12.1 Å². The van der Waals surface area contributed by atoms with Gasteiger partial charge in [-0.1, -0.05) is 0 Å². The molecule has 1 aliphatic carbocycles. The van der Waals surface area contributed by atoms with E-state index in [1.165, 1.54) is 6.92 Å². The molecule has 1 saturated carbocycles. The number of nitrogens with one attached hydrogen (secondary N) is 1. The molecule has 1 aromatic rings. The smallest absolute Gasteiger partial charge is 0.308 e. The van der Waals surface area contributed by atoms with Crippen LogP contribution < -0.4 is 10.1 Å². The first-order valence-corrected chi connectivity index (χ1v) is 9.91. The van der Waals surface area contributed by atoms with Crippen molar-refractivity contribution in [1.29, 1.82) is 0 Å². The predicted octanol–water partition coefficient (Wildman–Crippen LogP) is 3.56. The van der Waals surface area contributed by atoms with E-state index < -0.39 is 29.3 Å². The fourth-order valence-electron chi connectivity index (χ4n) is 3.33. The van der Waals surface area contributed by atoms with E-state index in [0.717, 1.165) is 12.1 Å². The standard InChI is InChI=1S/C21H27F2NO5/c1-3-28-21(27)14-6-8-16(9-7-14)29-20-17(22)11-15(12-18(20)23)19(26)5-4-10-24-13(2)25/h11-12,14,16H,3-10H2,1-2H3,(H,24,25). The average Bonchev–Trinajstić information content (AvgIpc) is 2.68. The largest absolute Gasteiger partial charge is 0.484 e. The summed E-state index contributed by atoms with van der Waals surface area (Å²) in [4.78, 5) is 34.7. The number of carbonyl (C=O) groups excluding carboxylic acids is 3. The van der Waals surface area contributed by atoms with Crippen molar-refractivity contribution in [2.75, 3.05) is 13.2 Å². The van der Waals surface area contributed by atoms with Crippen molar-refractivity contribution >= 4 is 17.7 Å². The third kappa shape index (κ3) is 6.80. The van der Waals surface area contributed by atoms with Gasteiger partial charge in [0.05, 0.1) is 18.6 Å². The zero-order valence-electron chi connectivity index (χ0n) is 16.8. The van der Waals surface area contributed by atoms with E-state index in [4.69, 9.17) is 9.47 Å². The molecule has 160 valence electrons. The maximum atomic E-state index is 14.4. The Morgan fingerprint density at radius 1 is 1.10 bits per heavy atom. The summed E-state index contributed by atoms with van der Waals surface area (Å²) in [6.07, 6.45) is 2.11. The zero-order chi connectivity index (χ0) is 21.4. The molecule has 0 aliphatic heterocycles. The first-order chi connectivity index (χ1) is 13.8. The molecule has 1 aliphatic rings. The van der Waals surface area contributed by atoms with Crippen molar-refractivity contribution in [1.82, 2.24) is 5.32 Å². The van der Waals surface area contributed by atoms with Crippen molar-refractivity contribution < 1.29 is 32.6 Å². The molecule has 29 heavy (non-hydrogen) atoms. The van der Waals surface area contributed by atoms with Gasteiger partial charge in [0.2, 0.25) is 5.91 Å². The fourth-order valence-corrected chi connectivity index (χ4v) is 3.33. The number of ketones is 1. The minimum Gasteiger partial charge on any atom is -0.484 e. The highest BCUT2D eigenvalue weighted by atomic mass is 19.1. The summed E-state index contributed by atoms with van der Waals surface area (Å²) in [5, 5.41) is 2.56. The van der Waals surface area contributed by atoms with E-state index in [2.05, 4.69) is 5.32 Å². The van der Waals surface area contributed by atoms with Gasteiger partial charge < -0.3 is 14.8 Å². The predicted molar refractivity (Wildman–Crippen MR) is 102 cm³/mol. The van der Waals surface area contributed by atoms with Gasteiger partial charge in [0, 0.05) is 25.5 Å². The molecule has 2 rings (SSSR count). The van der Waals surface area contributed by atoms with Crippen molar-refractivity contribution in [2.45, 2.75) is 58.5 Å². The highest BCUT2D eigenvalue weighted by Crippen LogP contribution is 2.31. The molecule has 6 nitrogen and oxygen atoms in total. The highest BCUT2D eigenvalue weighted by Gasteiger charge is 2.29. The second-order valence-corrected chi connectivity index (χ2v) is 7.12. The first-order valence-electron chi connectivity index (χ1n) is 9.91. The summed E-state index contributed by atoms with van der Waals surface area (Å²) in [5.41, 5.74) is -0.0683. The van der Waals surface area contributed by atoms with E-state index in [9.17, 15) is 23.2 Å². The molecule has 1 N–H and O–H groups in total. The Labute approximate surface area is 168 Å². The Morgan fingerprint density at radius 2 is 1.72 bits per heavy atom. The summed E-state index contributed by atoms with van der Waals surface area (Å²) in [5.74, 6) is -3.42. The van der Waals surface area contributed by atoms with Gasteiger partial charge in [-0.15, -0.1) is 0 Å². The summed E-state index contributed by atoms with van der Waals surface area (Å²) >= 11 is 0. The SMILES string of the molecule is CCOC(=O)C1CCC(Oc2c(F)cc(C(=O)CCCNC(C)=O)cc2F)CC1. The van der Waals surface area contributed by atoms with Gasteiger partial charge in [0.1, 0.15) is 0 Å². The molecule has 8 heteroatoms. The van der Waals surface area contributed by atoms with Crippen molar-refractivity contribution in [3.8, 4) is 5.75 Å². The second kappa shape index (κ2) is 10.9. The third-order valence-corrected chi connectivity index (χ3v) is 4.85. The van der Waals surface area contributed by atoms with Crippen LogP contribution in [0.25, 0.3) is 0 Å². The molecule has 1 amide bonds. The second-order valence-electron chi connectivity index (χ2n) is 7.12. The van der Waals surface area contributed by atoms with Crippen LogP contribution in [0.4, 0.5) is 8.78 Å². The number of hydrogen-bond acceptors (Lipinski definition) is 5. The van der Waals surface area contributed by atoms with Gasteiger partial charge >= 0.3 is 5.97 Å². The van der Waals surface area contributed by atoms with Gasteiger partial charge in [-0.2, -0.15) is 0 Å². The van der Waals surface area contributed by atoms with Crippen molar-refractivity contribution in [3.05, 3.63) is 29.3 Å². The molecule has 0 heterocycles. The maximum absolute atomic E-state index is 14.4. The Morgan fingerprint density at radius 3 is 2.28 bits per heavy atom. The quantitative estimate of drug-likeness (QED) is 0.382. The minimum absolute atomic E-state index is 0.0667. The molecule has 1 aromatic carbocycles. The van der Waals surface area contributed by atoms with Gasteiger partial charge in [-0.05, 0) is 51.2 Å². The number of benzene rings is 1. The Kier molecular flexibility index (Phi) is 8.54. The number of amides is 1. The molecule has 1 fully saturated rings. The monoisotopic (exact) mass is 411 g/mol. The lowest BCUT2D eigenvalue weighted by Crippen LogP contribution is -2.29. The molecular weight excluding hydrogens is 384 g/mol. The van der Waals surface area contributed by atoms with Crippen LogP contribution in [0.2, 0.25) is 0 Å². The van der Waals surface area contributed by atoms with Crippen molar-refractivity contribution in [2.24, 2.45) is 5.92 Å². The lowest BCUT2D eigenvalue weighted by Gasteiger charge is -2.28. The van der Waals surface area contributed by atoms with Crippen LogP contribution >= 0.6 is 0 Å². The highest BCUT2D eigenvalue weighted by molar-refractivity contribution is 5.96. The van der Waals surface area contributed by atoms with Gasteiger partial charge in [-0.3, -0.25) is 14.4 Å². The molecule has 0 spiro atoms. The molecule has 0 atom stereocenters. The van der Waals surface area contributed by atoms with Crippen molar-refractivity contribution in [3.63, 3.8) is 0 Å². The van der Waals surface area contributed by atoms with E-state index in [0.29, 0.717) is 45.3 Å². The first kappa shape index (κ1) is 22.8. The number of rotatable bonds is 9. The number of esters is 1. The van der Waals surface area contributed by atoms with Crippen LogP contribution in [0.1, 0.15) is 62.7 Å². The van der Waals surface area contributed by atoms with Crippen LogP contribution in [-0.2, 0) is 14.3 Å². The van der Waals surface area contributed by atoms with Crippen LogP contribution in [0.5, 0.6) is 5.75 Å². The number of Topliss-reactive ketones (excluding diaryl/α,β-unsaturated/α-hetero) is 1. The molecular formula is C21H27F2NO5. The minimum atomic E-state index is -0.928. The summed E-state index contributed by atoms with van der Waals surface area (Å²) in [6, 6.07) is 1.95. The maximum Gasteiger partial charge on any atom is 0.308 e. The Balaban J connectivity index is 1.92. The molecule has 0 unspecified atom stereocenters. The molecule has 0 bridgehead atoms. The van der Waals surface area contributed by atoms with Crippen LogP contribution in [0.3, 0.4) is 0 Å².